The molecule has 0 aromatic carbocycles. The molecular formula is C30H42O7. The van der Waals surface area contributed by atoms with E-state index >= 15 is 0 Å². The number of hydrogen-bond acceptors (Lipinski definition) is 7. The fourth-order valence-electron chi connectivity index (χ4n) is 9.18. The van der Waals surface area contributed by atoms with Crippen molar-refractivity contribution in [1.29, 1.82) is 0 Å². The molecule has 7 heteroatoms. The molecule has 3 fully saturated rings. The van der Waals surface area contributed by atoms with Crippen molar-refractivity contribution in [3.8, 4) is 0 Å². The van der Waals surface area contributed by atoms with Crippen molar-refractivity contribution in [3.63, 3.8) is 0 Å². The molecule has 7 nitrogen and oxygen atoms in total. The summed E-state index contributed by atoms with van der Waals surface area (Å²) in [6, 6.07) is 0. The molecule has 0 aromatic heterocycles. The lowest BCUT2D eigenvalue weighted by Crippen LogP contribution is -2.51. The van der Waals surface area contributed by atoms with Crippen LogP contribution in [0.4, 0.5) is 0 Å². The van der Waals surface area contributed by atoms with E-state index in [1.54, 1.807) is 0 Å². The molecule has 2 saturated heterocycles. The number of aliphatic hydroxyl groups is 1. The second kappa shape index (κ2) is 7.84. The van der Waals surface area contributed by atoms with E-state index in [1.807, 2.05) is 26.8 Å². The van der Waals surface area contributed by atoms with Gasteiger partial charge in [-0.1, -0.05) is 34.1 Å². The highest BCUT2D eigenvalue weighted by Crippen LogP contribution is 2.67. The molecule has 6 aliphatic rings. The third-order valence-electron chi connectivity index (χ3n) is 11.1. The highest BCUT2D eigenvalue weighted by molar-refractivity contribution is 5.84. The van der Waals surface area contributed by atoms with E-state index in [2.05, 4.69) is 20.8 Å². The van der Waals surface area contributed by atoms with Gasteiger partial charge in [-0.25, -0.2) is 4.79 Å². The van der Waals surface area contributed by atoms with E-state index in [0.717, 1.165) is 37.7 Å². The van der Waals surface area contributed by atoms with Crippen molar-refractivity contribution in [2.45, 2.75) is 116 Å². The SMILES string of the molecule is CC1CC2(CC(C)C3C(CC4(C)CCCC5C6=CC(O)(CCC34C)OC6=CC(=O)OC5(C)C)O2)OC1=O. The minimum Gasteiger partial charge on any atom is -0.458 e. The Morgan fingerprint density at radius 3 is 2.41 bits per heavy atom. The van der Waals surface area contributed by atoms with Crippen LogP contribution in [-0.4, -0.2) is 40.3 Å². The summed E-state index contributed by atoms with van der Waals surface area (Å²) in [4.78, 5) is 24.8. The number of fused-ring (bicyclic) bond motifs is 4. The molecule has 204 valence electrons. The van der Waals surface area contributed by atoms with Gasteiger partial charge in [0.1, 0.15) is 11.4 Å². The van der Waals surface area contributed by atoms with Gasteiger partial charge < -0.3 is 24.1 Å². The van der Waals surface area contributed by atoms with Gasteiger partial charge in [0, 0.05) is 30.8 Å². The van der Waals surface area contributed by atoms with Crippen LogP contribution in [0.15, 0.2) is 23.5 Å². The van der Waals surface area contributed by atoms with Gasteiger partial charge in [0.25, 0.3) is 0 Å². The molecule has 1 spiro atoms. The highest BCUT2D eigenvalue weighted by Gasteiger charge is 2.66. The summed E-state index contributed by atoms with van der Waals surface area (Å²) >= 11 is 0. The van der Waals surface area contributed by atoms with Crippen molar-refractivity contribution < 1.29 is 33.6 Å². The average Bonchev–Trinajstić information content (AvgIpc) is 3.28. The molecule has 4 heterocycles. The third-order valence-corrected chi connectivity index (χ3v) is 11.1. The summed E-state index contributed by atoms with van der Waals surface area (Å²) in [5.41, 5.74) is 0.0663. The van der Waals surface area contributed by atoms with Crippen molar-refractivity contribution >= 4 is 11.9 Å². The van der Waals surface area contributed by atoms with Crippen LogP contribution < -0.4 is 0 Å². The number of ether oxygens (including phenoxy) is 4. The number of carbonyl (C=O) groups excluding carboxylic acids is 2. The summed E-state index contributed by atoms with van der Waals surface area (Å²) < 4.78 is 24.6. The van der Waals surface area contributed by atoms with Crippen molar-refractivity contribution in [2.24, 2.45) is 34.5 Å². The Morgan fingerprint density at radius 2 is 1.70 bits per heavy atom. The molecule has 9 atom stereocenters. The van der Waals surface area contributed by atoms with Crippen LogP contribution in [0, 0.1) is 34.5 Å². The maximum atomic E-state index is 12.5. The molecule has 9 unspecified atom stereocenters. The smallest absolute Gasteiger partial charge is 0.335 e. The highest BCUT2D eigenvalue weighted by atomic mass is 16.7. The van der Waals surface area contributed by atoms with Crippen LogP contribution in [0.5, 0.6) is 0 Å². The van der Waals surface area contributed by atoms with Crippen LogP contribution in [0.3, 0.4) is 0 Å². The van der Waals surface area contributed by atoms with Gasteiger partial charge >= 0.3 is 11.9 Å². The second-order valence-electron chi connectivity index (χ2n) is 14.0. The van der Waals surface area contributed by atoms with Gasteiger partial charge in [-0.15, -0.1) is 0 Å². The number of allylic oxidation sites excluding steroid dienone is 1. The molecule has 2 aliphatic carbocycles. The normalized spacial score (nSPS) is 50.5. The van der Waals surface area contributed by atoms with E-state index < -0.39 is 23.1 Å². The monoisotopic (exact) mass is 514 g/mol. The maximum Gasteiger partial charge on any atom is 0.335 e. The first kappa shape index (κ1) is 25.4. The Hall–Kier alpha value is -1.86. The van der Waals surface area contributed by atoms with Gasteiger partial charge in [-0.3, -0.25) is 4.79 Å². The molecular weight excluding hydrogens is 472 g/mol. The van der Waals surface area contributed by atoms with Crippen molar-refractivity contribution in [2.75, 3.05) is 0 Å². The summed E-state index contributed by atoms with van der Waals surface area (Å²) in [5.74, 6) is -1.96. The summed E-state index contributed by atoms with van der Waals surface area (Å²) in [6.45, 7) is 12.9. The Morgan fingerprint density at radius 1 is 0.946 bits per heavy atom. The summed E-state index contributed by atoms with van der Waals surface area (Å²) in [6.07, 6.45) is 9.51. The van der Waals surface area contributed by atoms with Crippen LogP contribution >= 0.6 is 0 Å². The first-order chi connectivity index (χ1) is 17.2. The minimum atomic E-state index is -1.45. The molecule has 2 bridgehead atoms. The van der Waals surface area contributed by atoms with E-state index in [1.165, 1.54) is 6.08 Å². The Labute approximate surface area is 219 Å². The van der Waals surface area contributed by atoms with Gasteiger partial charge in [0.2, 0.25) is 11.6 Å². The first-order valence-corrected chi connectivity index (χ1v) is 14.2. The number of carbonyl (C=O) groups is 2. The number of cyclic esters (lactones) is 1. The second-order valence-corrected chi connectivity index (χ2v) is 14.0. The molecule has 0 aromatic rings. The average molecular weight is 515 g/mol. The van der Waals surface area contributed by atoms with Gasteiger partial charge in [-0.05, 0) is 68.3 Å². The lowest BCUT2D eigenvalue weighted by molar-refractivity contribution is -0.276. The molecule has 1 N–H and O–H groups in total. The number of hydrogen-bond donors (Lipinski definition) is 1. The Kier molecular flexibility index (Phi) is 5.39. The van der Waals surface area contributed by atoms with E-state index in [0.29, 0.717) is 30.9 Å². The summed E-state index contributed by atoms with van der Waals surface area (Å²) in [5, 5.41) is 11.7. The zero-order valence-corrected chi connectivity index (χ0v) is 23.1. The Balaban J connectivity index is 1.35. The predicted octanol–water partition coefficient (Wildman–Crippen LogP) is 5.17. The Bertz CT molecular complexity index is 1090. The van der Waals surface area contributed by atoms with Gasteiger partial charge in [-0.2, -0.15) is 0 Å². The number of rotatable bonds is 0. The minimum absolute atomic E-state index is 0.00701. The van der Waals surface area contributed by atoms with E-state index in [9.17, 15) is 14.7 Å². The number of esters is 2. The zero-order chi connectivity index (χ0) is 26.6. The lowest BCUT2D eigenvalue weighted by atomic mass is 9.57. The molecule has 0 radical (unpaired) electrons. The largest absolute Gasteiger partial charge is 0.458 e. The topological polar surface area (TPSA) is 91.3 Å². The lowest BCUT2D eigenvalue weighted by Gasteiger charge is -2.51. The standard InChI is InChI=1S/C30H42O7/c1-17-13-30(14-18(2)25(32)37-30)35-22-16-27(5)9-7-8-20-19-15-29(33,11-10-28(27,6)24(17)22)34-21(19)12-23(31)36-26(20,3)4/h12,15,17-18,20,22,24,33H,7-11,13-14,16H2,1-6H3. The van der Waals surface area contributed by atoms with E-state index in [4.69, 9.17) is 18.9 Å². The molecule has 0 amide bonds. The maximum absolute atomic E-state index is 12.5. The quantitative estimate of drug-likeness (QED) is 0.446. The van der Waals surface area contributed by atoms with Crippen LogP contribution in [0.1, 0.15) is 92.9 Å². The molecule has 1 saturated carbocycles. The third kappa shape index (κ3) is 3.74. The fraction of sp³-hybridized carbons (Fsp3) is 0.800. The molecule has 6 rings (SSSR count). The molecule has 37 heavy (non-hydrogen) atoms. The summed E-state index contributed by atoms with van der Waals surface area (Å²) in [7, 11) is 0. The molecule has 4 aliphatic heterocycles. The predicted molar refractivity (Wildman–Crippen MR) is 135 cm³/mol. The van der Waals surface area contributed by atoms with Crippen LogP contribution in [0.25, 0.3) is 0 Å². The van der Waals surface area contributed by atoms with E-state index in [-0.39, 0.29) is 40.7 Å². The van der Waals surface area contributed by atoms with Crippen molar-refractivity contribution in [1.82, 2.24) is 0 Å². The fourth-order valence-corrected chi connectivity index (χ4v) is 9.18. The zero-order valence-electron chi connectivity index (χ0n) is 23.1. The van der Waals surface area contributed by atoms with Gasteiger partial charge in [0.15, 0.2) is 0 Å². The first-order valence-electron chi connectivity index (χ1n) is 14.2. The van der Waals surface area contributed by atoms with Crippen LogP contribution in [-0.2, 0) is 28.5 Å². The van der Waals surface area contributed by atoms with Crippen molar-refractivity contribution in [3.05, 3.63) is 23.5 Å². The van der Waals surface area contributed by atoms with Gasteiger partial charge in [0.05, 0.1) is 18.1 Å². The van der Waals surface area contributed by atoms with Crippen LogP contribution in [0.2, 0.25) is 0 Å².